The number of hydrogen-bond donors (Lipinski definition) is 2. The van der Waals surface area contributed by atoms with Crippen molar-refractivity contribution in [1.82, 2.24) is 15.1 Å². The molecule has 9 nitrogen and oxygen atoms in total. The van der Waals surface area contributed by atoms with Crippen LogP contribution in [0.4, 0.5) is 0 Å². The van der Waals surface area contributed by atoms with Gasteiger partial charge in [0.1, 0.15) is 18.2 Å². The minimum absolute atomic E-state index is 0.0655. The Balaban J connectivity index is 1.66. The maximum absolute atomic E-state index is 9.95. The van der Waals surface area contributed by atoms with Crippen LogP contribution >= 0.6 is 0 Å². The fourth-order valence-corrected chi connectivity index (χ4v) is 4.35. The molecule has 2 aromatic rings. The largest absolute Gasteiger partial charge is 0.490 e. The van der Waals surface area contributed by atoms with Gasteiger partial charge in [-0.05, 0) is 24.6 Å². The van der Waals surface area contributed by atoms with Gasteiger partial charge in [-0.15, -0.1) is 5.10 Å². The fraction of sp³-hybridized carbons (Fsp3) is 0.520. The minimum atomic E-state index is -0.427. The molecule has 0 aliphatic carbocycles. The number of nitriles is 1. The Morgan fingerprint density at radius 1 is 1.24 bits per heavy atom. The van der Waals surface area contributed by atoms with Gasteiger partial charge in [-0.1, -0.05) is 26.8 Å². The molecule has 34 heavy (non-hydrogen) atoms. The molecule has 0 spiro atoms. The summed E-state index contributed by atoms with van der Waals surface area (Å²) in [6.07, 6.45) is 0. The lowest BCUT2D eigenvalue weighted by Crippen LogP contribution is -2.38. The molecular formula is C25H33N5O4. The Kier molecular flexibility index (Phi) is 7.00. The maximum atomic E-state index is 9.95. The van der Waals surface area contributed by atoms with E-state index < -0.39 is 5.92 Å². The van der Waals surface area contributed by atoms with Gasteiger partial charge in [-0.25, -0.2) is 0 Å². The monoisotopic (exact) mass is 467 g/mol. The summed E-state index contributed by atoms with van der Waals surface area (Å²) in [6, 6.07) is 8.03. The van der Waals surface area contributed by atoms with Crippen molar-refractivity contribution in [1.29, 1.82) is 5.26 Å². The summed E-state index contributed by atoms with van der Waals surface area (Å²) in [7, 11) is 0. The number of H-pyrrole nitrogens is 1. The molecule has 0 saturated carbocycles. The first-order valence-corrected chi connectivity index (χ1v) is 11.7. The molecule has 3 heterocycles. The smallest absolute Gasteiger partial charge is 0.244 e. The Bertz CT molecular complexity index is 1090. The van der Waals surface area contributed by atoms with E-state index in [9.17, 15) is 5.26 Å². The maximum Gasteiger partial charge on any atom is 0.244 e. The molecule has 2 aliphatic heterocycles. The number of nitrogens with one attached hydrogen (secondary N) is 1. The number of aromatic amines is 1. The summed E-state index contributed by atoms with van der Waals surface area (Å²) in [5.74, 6) is 1.34. The first-order valence-electron chi connectivity index (χ1n) is 11.7. The van der Waals surface area contributed by atoms with E-state index in [1.54, 1.807) is 0 Å². The number of allylic oxidation sites excluding steroid dienone is 1. The Hall–Kier alpha value is -3.22. The van der Waals surface area contributed by atoms with Crippen LogP contribution in [0.5, 0.6) is 17.4 Å². The van der Waals surface area contributed by atoms with Crippen molar-refractivity contribution in [3.63, 3.8) is 0 Å². The van der Waals surface area contributed by atoms with Crippen molar-refractivity contribution in [2.24, 2.45) is 5.73 Å². The molecule has 0 unspecified atom stereocenters. The quantitative estimate of drug-likeness (QED) is 0.638. The number of nitrogens with zero attached hydrogens (tertiary/aromatic N) is 3. The molecule has 1 atom stereocenters. The summed E-state index contributed by atoms with van der Waals surface area (Å²) in [5.41, 5.74) is 8.82. The van der Waals surface area contributed by atoms with Crippen LogP contribution in [-0.2, 0) is 10.2 Å². The lowest BCUT2D eigenvalue weighted by atomic mass is 9.79. The molecule has 2 aliphatic rings. The van der Waals surface area contributed by atoms with Crippen LogP contribution in [0.15, 0.2) is 29.7 Å². The van der Waals surface area contributed by atoms with Gasteiger partial charge in [0.15, 0.2) is 11.5 Å². The molecular weight excluding hydrogens is 434 g/mol. The highest BCUT2D eigenvalue weighted by molar-refractivity contribution is 5.58. The summed E-state index contributed by atoms with van der Waals surface area (Å²) < 4.78 is 23.1. The molecule has 1 aromatic carbocycles. The lowest BCUT2D eigenvalue weighted by molar-refractivity contribution is 0.0321. The zero-order chi connectivity index (χ0) is 24.3. The van der Waals surface area contributed by atoms with Crippen molar-refractivity contribution in [2.45, 2.75) is 39.0 Å². The summed E-state index contributed by atoms with van der Waals surface area (Å²) in [5, 5.41) is 17.4. The zero-order valence-corrected chi connectivity index (χ0v) is 20.3. The highest BCUT2D eigenvalue weighted by Crippen LogP contribution is 2.46. The first kappa shape index (κ1) is 23.9. The van der Waals surface area contributed by atoms with Crippen molar-refractivity contribution in [3.05, 3.63) is 46.5 Å². The molecule has 182 valence electrons. The zero-order valence-electron chi connectivity index (χ0n) is 20.3. The van der Waals surface area contributed by atoms with E-state index in [0.717, 1.165) is 49.7 Å². The van der Waals surface area contributed by atoms with Crippen LogP contribution < -0.4 is 19.9 Å². The van der Waals surface area contributed by atoms with Gasteiger partial charge in [0.05, 0.1) is 31.3 Å². The molecule has 0 amide bonds. The van der Waals surface area contributed by atoms with Crippen LogP contribution in [0, 0.1) is 11.3 Å². The average Bonchev–Trinajstić information content (AvgIpc) is 3.24. The number of fused-ring (bicyclic) bond motifs is 1. The Morgan fingerprint density at radius 3 is 2.68 bits per heavy atom. The SMILES string of the molecule is CCOc1cc([C@H]2C(C#N)=C(N)Oc3n[nH]c(C(C)(C)C)c32)ccc1OCCN1CCOCC1. The number of morpholine rings is 1. The minimum Gasteiger partial charge on any atom is -0.490 e. The number of ether oxygens (including phenoxy) is 4. The average molecular weight is 468 g/mol. The highest BCUT2D eigenvalue weighted by atomic mass is 16.5. The number of benzene rings is 1. The van der Waals surface area contributed by atoms with Gasteiger partial charge in [0.2, 0.25) is 11.8 Å². The van der Waals surface area contributed by atoms with Gasteiger partial charge in [0, 0.05) is 30.7 Å². The third kappa shape index (κ3) is 4.83. The molecule has 3 N–H and O–H groups in total. The third-order valence-electron chi connectivity index (χ3n) is 6.06. The predicted octanol–water partition coefficient (Wildman–Crippen LogP) is 3.04. The topological polar surface area (TPSA) is 119 Å². The van der Waals surface area contributed by atoms with Gasteiger partial charge in [-0.2, -0.15) is 5.26 Å². The van der Waals surface area contributed by atoms with Crippen molar-refractivity contribution in [3.8, 4) is 23.4 Å². The standard InChI is InChI=1S/C25H33N5O4/c1-5-32-19-14-16(6-7-18(19)33-13-10-30-8-11-31-12-9-30)20-17(15-26)23(27)34-24-21(20)22(28-29-24)25(2,3)4/h6-7,14,20H,5,8-13,27H2,1-4H3,(H,28,29)/t20-/m0/s1. The van der Waals surface area contributed by atoms with Crippen molar-refractivity contribution < 1.29 is 18.9 Å². The molecule has 1 aromatic heterocycles. The third-order valence-corrected chi connectivity index (χ3v) is 6.06. The summed E-state index contributed by atoms with van der Waals surface area (Å²) in [4.78, 5) is 2.32. The van der Waals surface area contributed by atoms with Crippen molar-refractivity contribution in [2.75, 3.05) is 46.1 Å². The van der Waals surface area contributed by atoms with Crippen LogP contribution in [0.3, 0.4) is 0 Å². The first-order chi connectivity index (χ1) is 16.3. The lowest BCUT2D eigenvalue weighted by Gasteiger charge is -2.28. The van der Waals surface area contributed by atoms with Crippen LogP contribution in [-0.4, -0.2) is 61.2 Å². The molecule has 0 radical (unpaired) electrons. The Morgan fingerprint density at radius 2 is 2.00 bits per heavy atom. The summed E-state index contributed by atoms with van der Waals surface area (Å²) in [6.45, 7) is 13.4. The molecule has 9 heteroatoms. The Labute approximate surface area is 200 Å². The molecule has 1 fully saturated rings. The van der Waals surface area contributed by atoms with E-state index in [-0.39, 0.29) is 11.3 Å². The van der Waals surface area contributed by atoms with Gasteiger partial charge in [-0.3, -0.25) is 10.00 Å². The normalized spacial score (nSPS) is 18.7. The molecule has 1 saturated heterocycles. The highest BCUT2D eigenvalue weighted by Gasteiger charge is 2.38. The number of nitrogens with two attached hydrogens (primary N) is 1. The number of rotatable bonds is 7. The van der Waals surface area contributed by atoms with Crippen LogP contribution in [0.2, 0.25) is 0 Å². The number of hydrogen-bond acceptors (Lipinski definition) is 8. The van der Waals surface area contributed by atoms with E-state index in [1.165, 1.54) is 0 Å². The summed E-state index contributed by atoms with van der Waals surface area (Å²) >= 11 is 0. The van der Waals surface area contributed by atoms with Gasteiger partial charge < -0.3 is 24.7 Å². The van der Waals surface area contributed by atoms with E-state index in [0.29, 0.717) is 36.2 Å². The van der Waals surface area contributed by atoms with E-state index in [2.05, 4.69) is 41.9 Å². The van der Waals surface area contributed by atoms with E-state index in [4.69, 9.17) is 24.7 Å². The number of aromatic nitrogens is 2. The van der Waals surface area contributed by atoms with Gasteiger partial charge in [0.25, 0.3) is 0 Å². The second-order valence-corrected chi connectivity index (χ2v) is 9.43. The van der Waals surface area contributed by atoms with Gasteiger partial charge >= 0.3 is 0 Å². The van der Waals surface area contributed by atoms with Crippen LogP contribution in [0.25, 0.3) is 0 Å². The fourth-order valence-electron chi connectivity index (χ4n) is 4.35. The second-order valence-electron chi connectivity index (χ2n) is 9.43. The second kappa shape index (κ2) is 9.95. The molecule has 0 bridgehead atoms. The molecule has 4 rings (SSSR count). The van der Waals surface area contributed by atoms with E-state index >= 15 is 0 Å². The van der Waals surface area contributed by atoms with Crippen LogP contribution in [0.1, 0.15) is 50.4 Å². The van der Waals surface area contributed by atoms with E-state index in [1.807, 2.05) is 25.1 Å². The predicted molar refractivity (Wildman–Crippen MR) is 127 cm³/mol. The van der Waals surface area contributed by atoms with Crippen molar-refractivity contribution >= 4 is 0 Å².